The lowest BCUT2D eigenvalue weighted by atomic mass is 10.1. The molecule has 0 saturated heterocycles. The molecule has 1 unspecified atom stereocenters. The van der Waals surface area contributed by atoms with Crippen molar-refractivity contribution in [2.75, 3.05) is 0 Å². The summed E-state index contributed by atoms with van der Waals surface area (Å²) in [6.07, 6.45) is 3.17. The molecule has 2 rings (SSSR count). The van der Waals surface area contributed by atoms with Crippen LogP contribution >= 0.6 is 11.6 Å². The van der Waals surface area contributed by atoms with Gasteiger partial charge in [0.05, 0.1) is 17.8 Å². The molecule has 0 radical (unpaired) electrons. The number of benzene rings is 1. The first-order valence-electron chi connectivity index (χ1n) is 5.38. The number of hydrogen-bond donors (Lipinski definition) is 0. The van der Waals surface area contributed by atoms with Crippen LogP contribution in [0.1, 0.15) is 24.3 Å². The van der Waals surface area contributed by atoms with E-state index in [-0.39, 0.29) is 6.10 Å². The molecule has 0 saturated carbocycles. The maximum Gasteiger partial charge on any atom is 0.233 e. The molecule has 0 N–H and O–H groups in total. The molecular weight excluding hydrogens is 236 g/mol. The zero-order valence-electron chi connectivity index (χ0n) is 9.51. The molecule has 1 aromatic carbocycles. The minimum atomic E-state index is -0.0592. The molecular formula is C13H13ClN2O. The smallest absolute Gasteiger partial charge is 0.233 e. The highest BCUT2D eigenvalue weighted by atomic mass is 35.5. The second-order valence-electron chi connectivity index (χ2n) is 3.65. The Morgan fingerprint density at radius 3 is 2.71 bits per heavy atom. The molecule has 3 nitrogen and oxygen atoms in total. The Kier molecular flexibility index (Phi) is 3.94. The summed E-state index contributed by atoms with van der Waals surface area (Å²) in [5.41, 5.74) is 1.81. The van der Waals surface area contributed by atoms with Gasteiger partial charge in [-0.15, -0.1) is 11.6 Å². The van der Waals surface area contributed by atoms with Crippen LogP contribution in [0.25, 0.3) is 0 Å². The number of alkyl halides is 1. The standard InChI is InChI=1S/C13H13ClN2O/c1-10(11-5-3-2-4-6-11)17-13-9-15-8-12(7-14)16-13/h2-6,8-10H,7H2,1H3. The Morgan fingerprint density at radius 1 is 1.24 bits per heavy atom. The molecule has 1 heterocycles. The molecule has 4 heteroatoms. The Hall–Kier alpha value is -1.61. The maximum absolute atomic E-state index is 5.71. The quantitative estimate of drug-likeness (QED) is 0.779. The lowest BCUT2D eigenvalue weighted by Gasteiger charge is -2.14. The van der Waals surface area contributed by atoms with Crippen molar-refractivity contribution in [2.24, 2.45) is 0 Å². The predicted molar refractivity (Wildman–Crippen MR) is 67.1 cm³/mol. The van der Waals surface area contributed by atoms with Gasteiger partial charge in [-0.1, -0.05) is 30.3 Å². The van der Waals surface area contributed by atoms with Crippen LogP contribution in [-0.2, 0) is 5.88 Å². The van der Waals surface area contributed by atoms with Crippen LogP contribution in [0.15, 0.2) is 42.7 Å². The molecule has 0 amide bonds. The minimum absolute atomic E-state index is 0.0592. The van der Waals surface area contributed by atoms with Crippen LogP contribution in [0.3, 0.4) is 0 Å². The van der Waals surface area contributed by atoms with E-state index in [9.17, 15) is 0 Å². The highest BCUT2D eigenvalue weighted by Crippen LogP contribution is 2.19. The molecule has 17 heavy (non-hydrogen) atoms. The molecule has 2 aromatic rings. The van der Waals surface area contributed by atoms with Crippen LogP contribution in [0.5, 0.6) is 5.88 Å². The van der Waals surface area contributed by atoms with E-state index in [0.29, 0.717) is 17.5 Å². The van der Waals surface area contributed by atoms with Crippen LogP contribution in [0, 0.1) is 0 Å². The molecule has 0 bridgehead atoms. The summed E-state index contributed by atoms with van der Waals surface area (Å²) in [5, 5.41) is 0. The Morgan fingerprint density at radius 2 is 2.00 bits per heavy atom. The van der Waals surface area contributed by atoms with E-state index >= 15 is 0 Å². The third-order valence-electron chi connectivity index (χ3n) is 2.37. The van der Waals surface area contributed by atoms with Crippen molar-refractivity contribution in [1.82, 2.24) is 9.97 Å². The summed E-state index contributed by atoms with van der Waals surface area (Å²) >= 11 is 5.69. The Balaban J connectivity index is 2.10. The van der Waals surface area contributed by atoms with Crippen molar-refractivity contribution in [1.29, 1.82) is 0 Å². The molecule has 0 aliphatic rings. The van der Waals surface area contributed by atoms with Gasteiger partial charge < -0.3 is 4.74 Å². The van der Waals surface area contributed by atoms with Gasteiger partial charge in [-0.2, -0.15) is 0 Å². The van der Waals surface area contributed by atoms with E-state index in [1.165, 1.54) is 0 Å². The average molecular weight is 249 g/mol. The predicted octanol–water partition coefficient (Wildman–Crippen LogP) is 3.36. The highest BCUT2D eigenvalue weighted by Gasteiger charge is 2.08. The first-order valence-corrected chi connectivity index (χ1v) is 5.91. The minimum Gasteiger partial charge on any atom is -0.469 e. The average Bonchev–Trinajstić information content (AvgIpc) is 2.40. The van der Waals surface area contributed by atoms with Crippen molar-refractivity contribution in [3.63, 3.8) is 0 Å². The Bertz CT molecular complexity index is 476. The SMILES string of the molecule is CC(Oc1cncc(CCl)n1)c1ccccc1. The van der Waals surface area contributed by atoms with Crippen molar-refractivity contribution in [2.45, 2.75) is 18.9 Å². The van der Waals surface area contributed by atoms with E-state index in [1.807, 2.05) is 37.3 Å². The second kappa shape index (κ2) is 5.64. The molecule has 0 aliphatic heterocycles. The lowest BCUT2D eigenvalue weighted by molar-refractivity contribution is 0.216. The highest BCUT2D eigenvalue weighted by molar-refractivity contribution is 6.16. The summed E-state index contributed by atoms with van der Waals surface area (Å²) in [7, 11) is 0. The fourth-order valence-electron chi connectivity index (χ4n) is 1.48. The van der Waals surface area contributed by atoms with Gasteiger partial charge in [0.25, 0.3) is 0 Å². The third-order valence-corrected chi connectivity index (χ3v) is 2.64. The normalized spacial score (nSPS) is 12.1. The van der Waals surface area contributed by atoms with Gasteiger partial charge >= 0.3 is 0 Å². The van der Waals surface area contributed by atoms with Crippen LogP contribution in [-0.4, -0.2) is 9.97 Å². The summed E-state index contributed by atoms with van der Waals surface area (Å²) in [6, 6.07) is 9.98. The first kappa shape index (κ1) is 11.9. The zero-order valence-corrected chi connectivity index (χ0v) is 10.3. The monoisotopic (exact) mass is 248 g/mol. The molecule has 0 spiro atoms. The van der Waals surface area contributed by atoms with Gasteiger partial charge in [0.2, 0.25) is 5.88 Å². The summed E-state index contributed by atoms with van der Waals surface area (Å²) in [6.45, 7) is 1.98. The second-order valence-corrected chi connectivity index (χ2v) is 3.92. The molecule has 1 atom stereocenters. The van der Waals surface area contributed by atoms with Crippen molar-refractivity contribution < 1.29 is 4.74 Å². The zero-order chi connectivity index (χ0) is 12.1. The van der Waals surface area contributed by atoms with E-state index in [4.69, 9.17) is 16.3 Å². The molecule has 0 aliphatic carbocycles. The summed E-state index contributed by atoms with van der Waals surface area (Å²) in [4.78, 5) is 8.27. The number of hydrogen-bond acceptors (Lipinski definition) is 3. The van der Waals surface area contributed by atoms with Crippen LogP contribution < -0.4 is 4.74 Å². The summed E-state index contributed by atoms with van der Waals surface area (Å²) in [5.74, 6) is 0.837. The Labute approximate surface area is 105 Å². The number of ether oxygens (including phenoxy) is 1. The number of nitrogens with zero attached hydrogens (tertiary/aromatic N) is 2. The summed E-state index contributed by atoms with van der Waals surface area (Å²) < 4.78 is 5.71. The van der Waals surface area contributed by atoms with E-state index in [1.54, 1.807) is 12.4 Å². The van der Waals surface area contributed by atoms with Crippen molar-refractivity contribution in [3.8, 4) is 5.88 Å². The van der Waals surface area contributed by atoms with E-state index in [0.717, 1.165) is 5.56 Å². The van der Waals surface area contributed by atoms with Gasteiger partial charge in [-0.05, 0) is 12.5 Å². The van der Waals surface area contributed by atoms with Crippen molar-refractivity contribution >= 4 is 11.6 Å². The number of rotatable bonds is 4. The van der Waals surface area contributed by atoms with Gasteiger partial charge in [0.15, 0.2) is 0 Å². The molecule has 1 aromatic heterocycles. The van der Waals surface area contributed by atoms with Crippen LogP contribution in [0.2, 0.25) is 0 Å². The third kappa shape index (κ3) is 3.17. The van der Waals surface area contributed by atoms with Gasteiger partial charge in [0, 0.05) is 6.20 Å². The number of halogens is 1. The largest absolute Gasteiger partial charge is 0.469 e. The van der Waals surface area contributed by atoms with Crippen LogP contribution in [0.4, 0.5) is 0 Å². The van der Waals surface area contributed by atoms with E-state index in [2.05, 4.69) is 9.97 Å². The maximum atomic E-state index is 5.71. The van der Waals surface area contributed by atoms with Gasteiger partial charge in [-0.25, -0.2) is 4.98 Å². The molecule has 88 valence electrons. The first-order chi connectivity index (χ1) is 8.29. The van der Waals surface area contributed by atoms with Crippen molar-refractivity contribution in [3.05, 3.63) is 54.0 Å². The fraction of sp³-hybridized carbons (Fsp3) is 0.231. The topological polar surface area (TPSA) is 35.0 Å². The lowest BCUT2D eigenvalue weighted by Crippen LogP contribution is -2.05. The fourth-order valence-corrected chi connectivity index (χ4v) is 1.61. The molecule has 0 fully saturated rings. The van der Waals surface area contributed by atoms with Gasteiger partial charge in [0.1, 0.15) is 6.10 Å². The number of aromatic nitrogens is 2. The van der Waals surface area contributed by atoms with E-state index < -0.39 is 0 Å². The van der Waals surface area contributed by atoms with Gasteiger partial charge in [-0.3, -0.25) is 4.98 Å².